The summed E-state index contributed by atoms with van der Waals surface area (Å²) in [6, 6.07) is -0.0591. The quantitative estimate of drug-likeness (QED) is 0.629. The third-order valence-electron chi connectivity index (χ3n) is 3.70. The standard InChI is InChI=1S/C12H18N4O4/c1-3-15-11(10(16(19)20)7(2)14-15)13-9-5-4-8(6-9)12(17)18/h8-9,13H,3-6H2,1-2H3,(H,17,18). The number of hydrogen-bond donors (Lipinski definition) is 2. The molecule has 1 aromatic rings. The van der Waals surface area contributed by atoms with Gasteiger partial charge in [-0.1, -0.05) is 0 Å². The summed E-state index contributed by atoms with van der Waals surface area (Å²) < 4.78 is 1.56. The SMILES string of the molecule is CCn1nc(C)c([N+](=O)[O-])c1NC1CCC(C(=O)O)C1. The molecule has 1 aliphatic rings. The maximum absolute atomic E-state index is 11.1. The first-order valence-electron chi connectivity index (χ1n) is 6.65. The average Bonchev–Trinajstić information content (AvgIpc) is 2.94. The van der Waals surface area contributed by atoms with Gasteiger partial charge in [0.25, 0.3) is 0 Å². The summed E-state index contributed by atoms with van der Waals surface area (Å²) in [7, 11) is 0. The van der Waals surface area contributed by atoms with Gasteiger partial charge >= 0.3 is 11.7 Å². The number of carboxylic acids is 1. The number of aryl methyl sites for hydroxylation is 2. The Morgan fingerprint density at radius 3 is 2.80 bits per heavy atom. The molecule has 0 radical (unpaired) electrons. The van der Waals surface area contributed by atoms with Crippen LogP contribution in [0, 0.1) is 23.0 Å². The van der Waals surface area contributed by atoms with Gasteiger partial charge < -0.3 is 10.4 Å². The van der Waals surface area contributed by atoms with E-state index in [9.17, 15) is 14.9 Å². The molecule has 1 aromatic heterocycles. The van der Waals surface area contributed by atoms with E-state index in [0.717, 1.165) is 0 Å². The summed E-state index contributed by atoms with van der Waals surface area (Å²) in [6.07, 6.45) is 1.78. The highest BCUT2D eigenvalue weighted by molar-refractivity contribution is 5.70. The number of hydrogen-bond acceptors (Lipinski definition) is 5. The number of nitro groups is 1. The number of nitrogens with one attached hydrogen (secondary N) is 1. The second-order valence-electron chi connectivity index (χ2n) is 5.04. The Morgan fingerprint density at radius 1 is 1.60 bits per heavy atom. The maximum atomic E-state index is 11.1. The third kappa shape index (κ3) is 2.59. The van der Waals surface area contributed by atoms with Gasteiger partial charge in [-0.05, 0) is 33.1 Å². The molecular formula is C12H18N4O4. The fraction of sp³-hybridized carbons (Fsp3) is 0.667. The number of carboxylic acid groups (broad SMARTS) is 1. The average molecular weight is 282 g/mol. The molecule has 0 amide bonds. The molecule has 0 spiro atoms. The van der Waals surface area contributed by atoms with Crippen molar-refractivity contribution in [2.45, 2.75) is 45.7 Å². The minimum absolute atomic E-state index is 0.0226. The van der Waals surface area contributed by atoms with E-state index < -0.39 is 10.9 Å². The van der Waals surface area contributed by atoms with E-state index in [1.807, 2.05) is 6.92 Å². The maximum Gasteiger partial charge on any atom is 0.333 e. The molecule has 110 valence electrons. The highest BCUT2D eigenvalue weighted by Crippen LogP contribution is 2.33. The Morgan fingerprint density at radius 2 is 2.30 bits per heavy atom. The van der Waals surface area contributed by atoms with Crippen LogP contribution in [0.4, 0.5) is 11.5 Å². The van der Waals surface area contributed by atoms with Crippen LogP contribution in [0.15, 0.2) is 0 Å². The first-order valence-corrected chi connectivity index (χ1v) is 6.65. The molecule has 8 heteroatoms. The van der Waals surface area contributed by atoms with Crippen LogP contribution in [0.25, 0.3) is 0 Å². The van der Waals surface area contributed by atoms with Crippen LogP contribution in [0.3, 0.4) is 0 Å². The molecule has 2 N–H and O–H groups in total. The summed E-state index contributed by atoms with van der Waals surface area (Å²) in [5.41, 5.74) is 0.345. The molecule has 8 nitrogen and oxygen atoms in total. The molecule has 1 aliphatic carbocycles. The second-order valence-corrected chi connectivity index (χ2v) is 5.04. The van der Waals surface area contributed by atoms with Crippen molar-refractivity contribution in [3.05, 3.63) is 15.8 Å². The van der Waals surface area contributed by atoms with Gasteiger partial charge in [0.2, 0.25) is 5.82 Å². The van der Waals surface area contributed by atoms with Gasteiger partial charge in [0.1, 0.15) is 5.69 Å². The fourth-order valence-electron chi connectivity index (χ4n) is 2.69. The lowest BCUT2D eigenvalue weighted by atomic mass is 10.1. The summed E-state index contributed by atoms with van der Waals surface area (Å²) in [5.74, 6) is -0.791. The van der Waals surface area contributed by atoms with Gasteiger partial charge in [-0.3, -0.25) is 14.9 Å². The molecular weight excluding hydrogens is 264 g/mol. The molecule has 0 aliphatic heterocycles. The molecule has 2 atom stereocenters. The van der Waals surface area contributed by atoms with Crippen molar-refractivity contribution in [2.24, 2.45) is 5.92 Å². The smallest absolute Gasteiger partial charge is 0.333 e. The van der Waals surface area contributed by atoms with Crippen molar-refractivity contribution in [3.8, 4) is 0 Å². The molecule has 0 saturated heterocycles. The molecule has 2 rings (SSSR count). The molecule has 1 heterocycles. The van der Waals surface area contributed by atoms with Crippen molar-refractivity contribution in [1.29, 1.82) is 0 Å². The minimum Gasteiger partial charge on any atom is -0.481 e. The molecule has 2 unspecified atom stereocenters. The van der Waals surface area contributed by atoms with E-state index in [-0.39, 0.29) is 17.6 Å². The van der Waals surface area contributed by atoms with Gasteiger partial charge in [0.05, 0.1) is 10.8 Å². The lowest BCUT2D eigenvalue weighted by Gasteiger charge is -2.14. The van der Waals surface area contributed by atoms with Gasteiger partial charge in [-0.2, -0.15) is 5.10 Å². The van der Waals surface area contributed by atoms with Crippen LogP contribution in [0.5, 0.6) is 0 Å². The van der Waals surface area contributed by atoms with Crippen molar-refractivity contribution in [2.75, 3.05) is 5.32 Å². The number of carbonyl (C=O) groups is 1. The zero-order chi connectivity index (χ0) is 14.9. The molecule has 0 aromatic carbocycles. The summed E-state index contributed by atoms with van der Waals surface area (Å²) in [6.45, 7) is 3.98. The molecule has 20 heavy (non-hydrogen) atoms. The topological polar surface area (TPSA) is 110 Å². The van der Waals surface area contributed by atoms with Gasteiger partial charge in [-0.25, -0.2) is 4.68 Å². The van der Waals surface area contributed by atoms with Crippen molar-refractivity contribution < 1.29 is 14.8 Å². The lowest BCUT2D eigenvalue weighted by molar-refractivity contribution is -0.384. The van der Waals surface area contributed by atoms with Crippen LogP contribution in [0.2, 0.25) is 0 Å². The Bertz CT molecular complexity index is 540. The minimum atomic E-state index is -0.802. The highest BCUT2D eigenvalue weighted by atomic mass is 16.6. The fourth-order valence-corrected chi connectivity index (χ4v) is 2.69. The largest absolute Gasteiger partial charge is 0.481 e. The first kappa shape index (κ1) is 14.3. The van der Waals surface area contributed by atoms with Crippen LogP contribution in [0.1, 0.15) is 31.9 Å². The van der Waals surface area contributed by atoms with E-state index in [1.54, 1.807) is 11.6 Å². The Balaban J connectivity index is 2.21. The zero-order valence-corrected chi connectivity index (χ0v) is 11.5. The van der Waals surface area contributed by atoms with Crippen LogP contribution in [-0.2, 0) is 11.3 Å². The van der Waals surface area contributed by atoms with E-state index in [0.29, 0.717) is 37.3 Å². The number of anilines is 1. The monoisotopic (exact) mass is 282 g/mol. The van der Waals surface area contributed by atoms with E-state index in [2.05, 4.69) is 10.4 Å². The second kappa shape index (κ2) is 5.48. The predicted octanol–water partition coefficient (Wildman–Crippen LogP) is 1.78. The Kier molecular flexibility index (Phi) is 3.91. The Hall–Kier alpha value is -2.12. The van der Waals surface area contributed by atoms with E-state index >= 15 is 0 Å². The van der Waals surface area contributed by atoms with Crippen LogP contribution in [-0.4, -0.2) is 31.8 Å². The predicted molar refractivity (Wildman–Crippen MR) is 71.7 cm³/mol. The van der Waals surface area contributed by atoms with Gasteiger partial charge in [-0.15, -0.1) is 0 Å². The molecule has 1 fully saturated rings. The van der Waals surface area contributed by atoms with E-state index in [1.165, 1.54) is 0 Å². The van der Waals surface area contributed by atoms with Gasteiger partial charge in [0.15, 0.2) is 0 Å². The summed E-state index contributed by atoms with van der Waals surface area (Å²) >= 11 is 0. The lowest BCUT2D eigenvalue weighted by Crippen LogP contribution is -2.20. The van der Waals surface area contributed by atoms with E-state index in [4.69, 9.17) is 5.11 Å². The van der Waals surface area contributed by atoms with Gasteiger partial charge in [0, 0.05) is 12.6 Å². The first-order chi connectivity index (χ1) is 9.43. The van der Waals surface area contributed by atoms with Crippen LogP contribution < -0.4 is 5.32 Å². The molecule has 0 bridgehead atoms. The summed E-state index contributed by atoms with van der Waals surface area (Å²) in [5, 5.41) is 27.4. The molecule has 1 saturated carbocycles. The van der Waals surface area contributed by atoms with Crippen molar-refractivity contribution >= 4 is 17.5 Å². The highest BCUT2D eigenvalue weighted by Gasteiger charge is 2.33. The number of nitrogens with zero attached hydrogens (tertiary/aromatic N) is 3. The van der Waals surface area contributed by atoms with Crippen LogP contribution >= 0.6 is 0 Å². The van der Waals surface area contributed by atoms with Crippen molar-refractivity contribution in [3.63, 3.8) is 0 Å². The Labute approximate surface area is 115 Å². The number of aromatic nitrogens is 2. The zero-order valence-electron chi connectivity index (χ0n) is 11.5. The normalized spacial score (nSPS) is 21.9. The number of rotatable bonds is 5. The van der Waals surface area contributed by atoms with Crippen molar-refractivity contribution in [1.82, 2.24) is 9.78 Å². The number of aliphatic carboxylic acids is 1. The summed E-state index contributed by atoms with van der Waals surface area (Å²) in [4.78, 5) is 21.6. The third-order valence-corrected chi connectivity index (χ3v) is 3.70.